The van der Waals surface area contributed by atoms with E-state index in [-0.39, 0.29) is 5.01 Å². The molecule has 94 valence electrons. The molecule has 0 saturated carbocycles. The maximum atomic E-state index is 10.7. The van der Waals surface area contributed by atoms with E-state index in [4.69, 9.17) is 9.84 Å². The number of hydrogen-bond acceptors (Lipinski definition) is 5. The van der Waals surface area contributed by atoms with Gasteiger partial charge in [0, 0.05) is 25.1 Å². The minimum absolute atomic E-state index is 0.158. The SMILES string of the molecule is CN(Cc1csc(C(=O)O)n1)CC1CCCO1. The van der Waals surface area contributed by atoms with Crippen molar-refractivity contribution in [3.05, 3.63) is 16.1 Å². The van der Waals surface area contributed by atoms with E-state index in [1.54, 1.807) is 5.38 Å². The van der Waals surface area contributed by atoms with Gasteiger partial charge in [0.25, 0.3) is 0 Å². The molecule has 1 aromatic heterocycles. The molecule has 0 bridgehead atoms. The summed E-state index contributed by atoms with van der Waals surface area (Å²) in [5, 5.41) is 10.7. The van der Waals surface area contributed by atoms with Crippen molar-refractivity contribution < 1.29 is 14.6 Å². The zero-order valence-corrected chi connectivity index (χ0v) is 10.6. The maximum Gasteiger partial charge on any atom is 0.365 e. The first-order valence-corrected chi connectivity index (χ1v) is 6.51. The second-order valence-electron chi connectivity index (χ2n) is 4.28. The van der Waals surface area contributed by atoms with Gasteiger partial charge in [-0.25, -0.2) is 9.78 Å². The van der Waals surface area contributed by atoms with Gasteiger partial charge in [-0.1, -0.05) is 0 Å². The van der Waals surface area contributed by atoms with E-state index in [1.165, 1.54) is 11.3 Å². The lowest BCUT2D eigenvalue weighted by Gasteiger charge is -2.19. The molecule has 17 heavy (non-hydrogen) atoms. The third-order valence-electron chi connectivity index (χ3n) is 2.71. The number of carboxylic acid groups (broad SMARTS) is 1. The molecule has 0 aliphatic carbocycles. The molecule has 0 amide bonds. The Morgan fingerprint density at radius 1 is 1.76 bits per heavy atom. The van der Waals surface area contributed by atoms with Crippen LogP contribution in [-0.4, -0.2) is 47.3 Å². The van der Waals surface area contributed by atoms with E-state index in [0.29, 0.717) is 12.6 Å². The van der Waals surface area contributed by atoms with E-state index < -0.39 is 5.97 Å². The second-order valence-corrected chi connectivity index (χ2v) is 5.14. The van der Waals surface area contributed by atoms with Crippen molar-refractivity contribution >= 4 is 17.3 Å². The van der Waals surface area contributed by atoms with Crippen molar-refractivity contribution in [3.63, 3.8) is 0 Å². The number of carbonyl (C=O) groups is 1. The molecule has 0 aromatic carbocycles. The Hall–Kier alpha value is -0.980. The molecule has 0 radical (unpaired) electrons. The van der Waals surface area contributed by atoms with Crippen LogP contribution >= 0.6 is 11.3 Å². The first-order valence-electron chi connectivity index (χ1n) is 5.63. The number of rotatable bonds is 5. The van der Waals surface area contributed by atoms with E-state index in [9.17, 15) is 4.79 Å². The van der Waals surface area contributed by atoms with Gasteiger partial charge in [0.1, 0.15) is 0 Å². The van der Waals surface area contributed by atoms with Crippen LogP contribution in [0.5, 0.6) is 0 Å². The van der Waals surface area contributed by atoms with Crippen LogP contribution in [0.2, 0.25) is 0 Å². The standard InChI is InChI=1S/C11H16N2O3S/c1-13(6-9-3-2-4-16-9)5-8-7-17-10(12-8)11(14)15/h7,9H,2-6H2,1H3,(H,14,15). The summed E-state index contributed by atoms with van der Waals surface area (Å²) >= 11 is 1.17. The molecule has 1 aliphatic heterocycles. The number of likely N-dealkylation sites (N-methyl/N-ethyl adjacent to an activating group) is 1. The number of nitrogens with zero attached hydrogens (tertiary/aromatic N) is 2. The summed E-state index contributed by atoms with van der Waals surface area (Å²) in [6.07, 6.45) is 2.57. The Balaban J connectivity index is 1.84. The van der Waals surface area contributed by atoms with Gasteiger partial charge in [0.05, 0.1) is 11.8 Å². The number of aromatic nitrogens is 1. The van der Waals surface area contributed by atoms with Crippen LogP contribution in [0.15, 0.2) is 5.38 Å². The highest BCUT2D eigenvalue weighted by Gasteiger charge is 2.18. The average Bonchev–Trinajstić information content (AvgIpc) is 2.88. The monoisotopic (exact) mass is 256 g/mol. The highest BCUT2D eigenvalue weighted by atomic mass is 32.1. The van der Waals surface area contributed by atoms with E-state index in [1.807, 2.05) is 7.05 Å². The third-order valence-corrected chi connectivity index (χ3v) is 3.59. The molecule has 1 saturated heterocycles. The number of ether oxygens (including phenoxy) is 1. The zero-order chi connectivity index (χ0) is 12.3. The maximum absolute atomic E-state index is 10.7. The summed E-state index contributed by atoms with van der Waals surface area (Å²) in [6.45, 7) is 2.40. The summed E-state index contributed by atoms with van der Waals surface area (Å²) in [4.78, 5) is 16.9. The van der Waals surface area contributed by atoms with Gasteiger partial charge in [-0.15, -0.1) is 11.3 Å². The predicted octanol–water partition coefficient (Wildman–Crippen LogP) is 1.45. The third kappa shape index (κ3) is 3.49. The Labute approximate surface area is 104 Å². The molecule has 2 heterocycles. The van der Waals surface area contributed by atoms with Crippen LogP contribution in [0.25, 0.3) is 0 Å². The Morgan fingerprint density at radius 2 is 2.59 bits per heavy atom. The van der Waals surface area contributed by atoms with Gasteiger partial charge >= 0.3 is 5.97 Å². The van der Waals surface area contributed by atoms with Gasteiger partial charge in [-0.05, 0) is 19.9 Å². The van der Waals surface area contributed by atoms with Gasteiger partial charge in [0.15, 0.2) is 0 Å². The van der Waals surface area contributed by atoms with Gasteiger partial charge in [0.2, 0.25) is 5.01 Å². The molecule has 1 atom stereocenters. The van der Waals surface area contributed by atoms with Crippen molar-refractivity contribution in [2.24, 2.45) is 0 Å². The number of carboxylic acids is 1. The van der Waals surface area contributed by atoms with Crippen LogP contribution < -0.4 is 0 Å². The number of thiazole rings is 1. The zero-order valence-electron chi connectivity index (χ0n) is 9.76. The van der Waals surface area contributed by atoms with Crippen LogP contribution in [0.4, 0.5) is 0 Å². The molecule has 1 fully saturated rings. The van der Waals surface area contributed by atoms with Crippen LogP contribution in [-0.2, 0) is 11.3 Å². The lowest BCUT2D eigenvalue weighted by atomic mass is 10.2. The molecule has 1 aliphatic rings. The average molecular weight is 256 g/mol. The minimum atomic E-state index is -0.956. The molecule has 1 N–H and O–H groups in total. The van der Waals surface area contributed by atoms with Crippen molar-refractivity contribution in [2.45, 2.75) is 25.5 Å². The highest BCUT2D eigenvalue weighted by molar-refractivity contribution is 7.11. The molecule has 1 aromatic rings. The van der Waals surface area contributed by atoms with Crippen LogP contribution in [0, 0.1) is 0 Å². The first kappa shape index (κ1) is 12.5. The summed E-state index contributed by atoms with van der Waals surface area (Å²) in [5.41, 5.74) is 0.813. The first-order chi connectivity index (χ1) is 8.15. The molecule has 6 heteroatoms. The topological polar surface area (TPSA) is 62.7 Å². The summed E-state index contributed by atoms with van der Waals surface area (Å²) in [6, 6.07) is 0. The molecular formula is C11H16N2O3S. The van der Waals surface area contributed by atoms with Gasteiger partial charge in [-0.3, -0.25) is 4.90 Å². The van der Waals surface area contributed by atoms with E-state index in [0.717, 1.165) is 31.7 Å². The molecule has 1 unspecified atom stereocenters. The number of hydrogen-bond donors (Lipinski definition) is 1. The van der Waals surface area contributed by atoms with Crippen molar-refractivity contribution in [2.75, 3.05) is 20.2 Å². The second kappa shape index (κ2) is 5.57. The lowest BCUT2D eigenvalue weighted by molar-refractivity contribution is 0.0694. The van der Waals surface area contributed by atoms with Crippen molar-refractivity contribution in [1.82, 2.24) is 9.88 Å². The van der Waals surface area contributed by atoms with E-state index >= 15 is 0 Å². The van der Waals surface area contributed by atoms with Crippen molar-refractivity contribution in [1.29, 1.82) is 0 Å². The number of aromatic carboxylic acids is 1. The van der Waals surface area contributed by atoms with Gasteiger partial charge < -0.3 is 9.84 Å². The Morgan fingerprint density at radius 3 is 3.18 bits per heavy atom. The molecular weight excluding hydrogens is 240 g/mol. The summed E-state index contributed by atoms with van der Waals surface area (Å²) in [7, 11) is 2.00. The fraction of sp³-hybridized carbons (Fsp3) is 0.636. The van der Waals surface area contributed by atoms with Gasteiger partial charge in [-0.2, -0.15) is 0 Å². The Bertz CT molecular complexity index is 388. The van der Waals surface area contributed by atoms with Crippen LogP contribution in [0.3, 0.4) is 0 Å². The fourth-order valence-corrected chi connectivity index (χ4v) is 2.60. The predicted molar refractivity (Wildman–Crippen MR) is 64.4 cm³/mol. The van der Waals surface area contributed by atoms with E-state index in [2.05, 4.69) is 9.88 Å². The largest absolute Gasteiger partial charge is 0.476 e. The summed E-state index contributed by atoms with van der Waals surface area (Å²) < 4.78 is 5.55. The molecule has 0 spiro atoms. The van der Waals surface area contributed by atoms with Crippen molar-refractivity contribution in [3.8, 4) is 0 Å². The molecule has 5 nitrogen and oxygen atoms in total. The van der Waals surface area contributed by atoms with Crippen LogP contribution in [0.1, 0.15) is 28.3 Å². The molecule has 2 rings (SSSR count). The fourth-order valence-electron chi connectivity index (χ4n) is 1.95. The normalized spacial score (nSPS) is 20.0. The highest BCUT2D eigenvalue weighted by Crippen LogP contribution is 2.15. The minimum Gasteiger partial charge on any atom is -0.476 e. The smallest absolute Gasteiger partial charge is 0.365 e. The Kier molecular flexibility index (Phi) is 4.09. The quantitative estimate of drug-likeness (QED) is 0.864. The summed E-state index contributed by atoms with van der Waals surface area (Å²) in [5.74, 6) is -0.956. The lowest BCUT2D eigenvalue weighted by Crippen LogP contribution is -2.28.